The summed E-state index contributed by atoms with van der Waals surface area (Å²) in [6, 6.07) is 12.2. The van der Waals surface area contributed by atoms with E-state index in [9.17, 15) is 4.39 Å². The summed E-state index contributed by atoms with van der Waals surface area (Å²) in [5.41, 5.74) is 1.97. The topological polar surface area (TPSA) is 46.2 Å². The minimum atomic E-state index is -0.265. The Kier molecular flexibility index (Phi) is 8.45. The Hall–Kier alpha value is -2.42. The largest absolute Gasteiger partial charge is 0.493 e. The van der Waals surface area contributed by atoms with E-state index >= 15 is 0 Å². The Morgan fingerprint density at radius 3 is 2.65 bits per heavy atom. The summed E-state index contributed by atoms with van der Waals surface area (Å²) in [5, 5.41) is 3.81. The second kappa shape index (κ2) is 11.3. The molecule has 0 bridgehead atoms. The number of thiocarbonyl (C=S) groups is 1. The molecule has 1 saturated heterocycles. The molecule has 0 aromatic heterocycles. The summed E-state index contributed by atoms with van der Waals surface area (Å²) in [7, 11) is 5.38. The second-order valence-corrected chi connectivity index (χ2v) is 7.96. The summed E-state index contributed by atoms with van der Waals surface area (Å²) < 4.78 is 29.7. The van der Waals surface area contributed by atoms with Gasteiger partial charge in [0.05, 0.1) is 26.9 Å². The summed E-state index contributed by atoms with van der Waals surface area (Å²) >= 11 is 5.54. The van der Waals surface area contributed by atoms with Crippen LogP contribution in [0.4, 0.5) is 10.1 Å². The predicted molar refractivity (Wildman–Crippen MR) is 125 cm³/mol. The van der Waals surface area contributed by atoms with E-state index in [1.165, 1.54) is 17.7 Å². The number of rotatable bonds is 8. The number of hydrogen-bond donors (Lipinski definition) is 1. The summed E-state index contributed by atoms with van der Waals surface area (Å²) in [6.45, 7) is 3.78. The van der Waals surface area contributed by atoms with Gasteiger partial charge in [-0.3, -0.25) is 0 Å². The SMILES string of the molecule is COc1ccc(CCN(C)CC2CN(C(=S)Nc3ccc(F)cc3)CCO2)cc1OC. The number of morpholine rings is 1. The zero-order valence-electron chi connectivity index (χ0n) is 18.3. The van der Waals surface area contributed by atoms with Gasteiger partial charge >= 0.3 is 0 Å². The Balaban J connectivity index is 1.47. The van der Waals surface area contributed by atoms with Crippen LogP contribution in [0.15, 0.2) is 42.5 Å². The van der Waals surface area contributed by atoms with Crippen molar-refractivity contribution in [3.63, 3.8) is 0 Å². The van der Waals surface area contributed by atoms with Crippen LogP contribution in [0, 0.1) is 5.82 Å². The van der Waals surface area contributed by atoms with Gasteiger partial charge in [-0.2, -0.15) is 0 Å². The molecule has 3 rings (SSSR count). The van der Waals surface area contributed by atoms with Crippen LogP contribution in [-0.4, -0.2) is 75.1 Å². The fraction of sp³-hybridized carbons (Fsp3) is 0.435. The highest BCUT2D eigenvalue weighted by Crippen LogP contribution is 2.27. The minimum Gasteiger partial charge on any atom is -0.493 e. The Bertz CT molecular complexity index is 866. The summed E-state index contributed by atoms with van der Waals surface area (Å²) in [6.07, 6.45) is 0.967. The zero-order valence-corrected chi connectivity index (χ0v) is 19.1. The lowest BCUT2D eigenvalue weighted by Gasteiger charge is -2.36. The molecular formula is C23H30FN3O3S. The molecular weight excluding hydrogens is 417 g/mol. The number of nitrogens with zero attached hydrogens (tertiary/aromatic N) is 2. The van der Waals surface area contributed by atoms with Gasteiger partial charge in [-0.15, -0.1) is 0 Å². The van der Waals surface area contributed by atoms with Crippen LogP contribution in [-0.2, 0) is 11.2 Å². The minimum absolute atomic E-state index is 0.0668. The monoisotopic (exact) mass is 447 g/mol. The van der Waals surface area contributed by atoms with Crippen LogP contribution in [0.25, 0.3) is 0 Å². The Morgan fingerprint density at radius 1 is 1.19 bits per heavy atom. The number of benzene rings is 2. The van der Waals surface area contributed by atoms with Crippen molar-refractivity contribution in [1.29, 1.82) is 0 Å². The maximum Gasteiger partial charge on any atom is 0.173 e. The molecule has 1 N–H and O–H groups in total. The third-order valence-electron chi connectivity index (χ3n) is 5.27. The number of methoxy groups -OCH3 is 2. The normalized spacial score (nSPS) is 16.3. The lowest BCUT2D eigenvalue weighted by Crippen LogP contribution is -2.50. The van der Waals surface area contributed by atoms with E-state index < -0.39 is 0 Å². The van der Waals surface area contributed by atoms with Gasteiger partial charge in [-0.1, -0.05) is 6.07 Å². The van der Waals surface area contributed by atoms with Crippen molar-refractivity contribution >= 4 is 23.0 Å². The molecule has 0 spiro atoms. The first-order valence-electron chi connectivity index (χ1n) is 10.3. The molecule has 1 aliphatic rings. The molecule has 2 aromatic rings. The van der Waals surface area contributed by atoms with Crippen molar-refractivity contribution in [2.45, 2.75) is 12.5 Å². The van der Waals surface area contributed by atoms with Crippen LogP contribution in [0.3, 0.4) is 0 Å². The van der Waals surface area contributed by atoms with E-state index in [2.05, 4.69) is 28.2 Å². The van der Waals surface area contributed by atoms with Gasteiger partial charge in [0.15, 0.2) is 16.6 Å². The maximum absolute atomic E-state index is 13.1. The number of likely N-dealkylation sites (N-methyl/N-ethyl adjacent to an activating group) is 1. The van der Waals surface area contributed by atoms with Crippen LogP contribution in [0.1, 0.15) is 5.56 Å². The number of anilines is 1. The maximum atomic E-state index is 13.1. The first-order valence-corrected chi connectivity index (χ1v) is 10.7. The fourth-order valence-corrected chi connectivity index (χ4v) is 3.83. The Morgan fingerprint density at radius 2 is 1.94 bits per heavy atom. The van der Waals surface area contributed by atoms with Gasteiger partial charge in [0.25, 0.3) is 0 Å². The van der Waals surface area contributed by atoms with Gasteiger partial charge in [0.1, 0.15) is 5.82 Å². The van der Waals surface area contributed by atoms with E-state index in [1.807, 2.05) is 12.1 Å². The van der Waals surface area contributed by atoms with Crippen molar-refractivity contribution in [3.8, 4) is 11.5 Å². The molecule has 1 aliphatic heterocycles. The van der Waals surface area contributed by atoms with E-state index in [0.717, 1.165) is 43.2 Å². The van der Waals surface area contributed by atoms with Crippen LogP contribution in [0.2, 0.25) is 0 Å². The number of hydrogen-bond acceptors (Lipinski definition) is 5. The molecule has 1 heterocycles. The number of halogens is 1. The van der Waals surface area contributed by atoms with Gasteiger partial charge in [0.2, 0.25) is 0 Å². The molecule has 0 radical (unpaired) electrons. The molecule has 168 valence electrons. The highest BCUT2D eigenvalue weighted by Gasteiger charge is 2.23. The van der Waals surface area contributed by atoms with Gasteiger partial charge < -0.3 is 29.3 Å². The van der Waals surface area contributed by atoms with Crippen molar-refractivity contribution in [2.75, 3.05) is 59.4 Å². The van der Waals surface area contributed by atoms with Gasteiger partial charge in [0, 0.05) is 31.9 Å². The fourth-order valence-electron chi connectivity index (χ4n) is 3.55. The van der Waals surface area contributed by atoms with Crippen LogP contribution >= 0.6 is 12.2 Å². The first kappa shape index (κ1) is 23.2. The smallest absolute Gasteiger partial charge is 0.173 e. The quantitative estimate of drug-likeness (QED) is 0.622. The molecule has 31 heavy (non-hydrogen) atoms. The first-order chi connectivity index (χ1) is 15.0. The lowest BCUT2D eigenvalue weighted by molar-refractivity contribution is -0.0193. The second-order valence-electron chi connectivity index (χ2n) is 7.58. The van der Waals surface area contributed by atoms with Crippen molar-refractivity contribution in [3.05, 3.63) is 53.8 Å². The number of ether oxygens (including phenoxy) is 3. The van der Waals surface area contributed by atoms with Gasteiger partial charge in [-0.25, -0.2) is 4.39 Å². The zero-order chi connectivity index (χ0) is 22.2. The standard InChI is InChI=1S/C23H30FN3O3S/c1-26(11-10-17-4-9-21(28-2)22(14-17)29-3)15-20-16-27(12-13-30-20)23(31)25-19-7-5-18(24)6-8-19/h4-9,14,20H,10-13,15-16H2,1-3H3,(H,25,31). The average molecular weight is 448 g/mol. The third-order valence-corrected chi connectivity index (χ3v) is 5.63. The molecule has 0 amide bonds. The van der Waals surface area contributed by atoms with Crippen LogP contribution < -0.4 is 14.8 Å². The molecule has 0 saturated carbocycles. The lowest BCUT2D eigenvalue weighted by atomic mass is 10.1. The average Bonchev–Trinajstić information content (AvgIpc) is 2.79. The van der Waals surface area contributed by atoms with E-state index in [0.29, 0.717) is 18.3 Å². The molecule has 6 nitrogen and oxygen atoms in total. The van der Waals surface area contributed by atoms with Crippen molar-refractivity contribution < 1.29 is 18.6 Å². The third kappa shape index (κ3) is 6.78. The molecule has 2 aromatic carbocycles. The molecule has 1 unspecified atom stereocenters. The van der Waals surface area contributed by atoms with E-state index in [4.69, 9.17) is 26.4 Å². The Labute approximate surface area is 188 Å². The highest BCUT2D eigenvalue weighted by atomic mass is 32.1. The summed E-state index contributed by atoms with van der Waals surface area (Å²) in [4.78, 5) is 4.37. The van der Waals surface area contributed by atoms with Gasteiger partial charge in [-0.05, 0) is 67.6 Å². The van der Waals surface area contributed by atoms with Crippen molar-refractivity contribution in [2.24, 2.45) is 0 Å². The van der Waals surface area contributed by atoms with E-state index in [-0.39, 0.29) is 11.9 Å². The van der Waals surface area contributed by atoms with E-state index in [1.54, 1.807) is 26.4 Å². The highest BCUT2D eigenvalue weighted by molar-refractivity contribution is 7.80. The molecule has 8 heteroatoms. The predicted octanol–water partition coefficient (Wildman–Crippen LogP) is 3.42. The molecule has 1 fully saturated rings. The molecule has 1 atom stereocenters. The van der Waals surface area contributed by atoms with Crippen LogP contribution in [0.5, 0.6) is 11.5 Å². The number of nitrogens with one attached hydrogen (secondary N) is 1. The van der Waals surface area contributed by atoms with Crippen molar-refractivity contribution in [1.82, 2.24) is 9.80 Å². The summed E-state index contributed by atoms with van der Waals surface area (Å²) in [5.74, 6) is 1.22. The molecule has 0 aliphatic carbocycles.